The fraction of sp³-hybridized carbons (Fsp3) is 0.278. The van der Waals surface area contributed by atoms with Crippen LogP contribution in [-0.2, 0) is 16.6 Å². The number of para-hydroxylation sites is 1. The fourth-order valence-electron chi connectivity index (χ4n) is 2.85. The highest BCUT2D eigenvalue weighted by Crippen LogP contribution is 2.49. The van der Waals surface area contributed by atoms with Crippen molar-refractivity contribution in [3.63, 3.8) is 0 Å². The molecule has 1 aliphatic rings. The van der Waals surface area contributed by atoms with E-state index in [1.165, 1.54) is 0 Å². The Bertz CT molecular complexity index is 657. The molecular weight excluding hydrogens is 262 g/mol. The first kappa shape index (κ1) is 13.7. The lowest BCUT2D eigenvalue weighted by molar-refractivity contribution is -0.120. The lowest BCUT2D eigenvalue weighted by Crippen LogP contribution is -2.22. The van der Waals surface area contributed by atoms with Gasteiger partial charge in [-0.05, 0) is 36.6 Å². The van der Waals surface area contributed by atoms with Gasteiger partial charge in [-0.25, -0.2) is 0 Å². The maximum atomic E-state index is 12.8. The number of ether oxygens (including phenoxy) is 1. The van der Waals surface area contributed by atoms with Gasteiger partial charge in [0.2, 0.25) is 0 Å². The van der Waals surface area contributed by atoms with E-state index < -0.39 is 0 Å². The first-order valence-corrected chi connectivity index (χ1v) is 7.17. The summed E-state index contributed by atoms with van der Waals surface area (Å²) in [4.78, 5) is 12.8. The minimum atomic E-state index is -0.311. The van der Waals surface area contributed by atoms with Crippen LogP contribution >= 0.6 is 0 Å². The van der Waals surface area contributed by atoms with Gasteiger partial charge >= 0.3 is 0 Å². The molecule has 2 N–H and O–H groups in total. The van der Waals surface area contributed by atoms with Crippen LogP contribution in [0.15, 0.2) is 48.5 Å². The van der Waals surface area contributed by atoms with E-state index in [4.69, 9.17) is 10.5 Å². The SMILES string of the molecule is COc1ccccc1CC(=O)C1(c2ccc(N)cc2)CC1. The molecule has 0 spiro atoms. The number of carbonyl (C=O) groups excluding carboxylic acids is 1. The summed E-state index contributed by atoms with van der Waals surface area (Å²) in [7, 11) is 1.64. The summed E-state index contributed by atoms with van der Waals surface area (Å²) >= 11 is 0. The van der Waals surface area contributed by atoms with Crippen LogP contribution in [0.3, 0.4) is 0 Å². The zero-order chi connectivity index (χ0) is 14.9. The molecule has 21 heavy (non-hydrogen) atoms. The minimum Gasteiger partial charge on any atom is -0.496 e. The fourth-order valence-corrected chi connectivity index (χ4v) is 2.85. The van der Waals surface area contributed by atoms with Crippen LogP contribution in [0.4, 0.5) is 5.69 Å². The van der Waals surface area contributed by atoms with Crippen LogP contribution in [0.2, 0.25) is 0 Å². The Morgan fingerprint density at radius 1 is 1.14 bits per heavy atom. The number of anilines is 1. The molecule has 2 aromatic rings. The maximum Gasteiger partial charge on any atom is 0.147 e. The molecule has 1 saturated carbocycles. The van der Waals surface area contributed by atoms with Gasteiger partial charge in [-0.15, -0.1) is 0 Å². The van der Waals surface area contributed by atoms with E-state index >= 15 is 0 Å². The number of benzene rings is 2. The standard InChI is InChI=1S/C18H19NO2/c1-21-16-5-3-2-4-13(16)12-17(20)18(10-11-18)14-6-8-15(19)9-7-14/h2-9H,10-12,19H2,1H3. The molecule has 0 heterocycles. The lowest BCUT2D eigenvalue weighted by atomic mass is 9.87. The van der Waals surface area contributed by atoms with E-state index in [2.05, 4.69) is 0 Å². The third-order valence-corrected chi connectivity index (χ3v) is 4.29. The van der Waals surface area contributed by atoms with Crippen LogP contribution in [0.5, 0.6) is 5.75 Å². The highest BCUT2D eigenvalue weighted by atomic mass is 16.5. The molecule has 3 heteroatoms. The number of nitrogen functional groups attached to an aromatic ring is 1. The first-order valence-electron chi connectivity index (χ1n) is 7.17. The Morgan fingerprint density at radius 3 is 2.43 bits per heavy atom. The second kappa shape index (κ2) is 5.24. The summed E-state index contributed by atoms with van der Waals surface area (Å²) in [6.07, 6.45) is 2.25. The van der Waals surface area contributed by atoms with E-state index in [1.807, 2.05) is 48.5 Å². The zero-order valence-electron chi connectivity index (χ0n) is 12.1. The number of hydrogen-bond acceptors (Lipinski definition) is 3. The van der Waals surface area contributed by atoms with Gasteiger partial charge in [0.25, 0.3) is 0 Å². The molecule has 0 unspecified atom stereocenters. The molecule has 3 rings (SSSR count). The van der Waals surface area contributed by atoms with E-state index in [-0.39, 0.29) is 11.2 Å². The van der Waals surface area contributed by atoms with Gasteiger partial charge in [-0.2, -0.15) is 0 Å². The van der Waals surface area contributed by atoms with Crippen molar-refractivity contribution in [1.82, 2.24) is 0 Å². The first-order chi connectivity index (χ1) is 10.2. The zero-order valence-corrected chi connectivity index (χ0v) is 12.1. The van der Waals surface area contributed by atoms with Crippen molar-refractivity contribution in [2.45, 2.75) is 24.7 Å². The van der Waals surface area contributed by atoms with Crippen LogP contribution in [0.25, 0.3) is 0 Å². The molecule has 2 aromatic carbocycles. The van der Waals surface area contributed by atoms with Crippen molar-refractivity contribution >= 4 is 11.5 Å². The van der Waals surface area contributed by atoms with Crippen molar-refractivity contribution in [2.75, 3.05) is 12.8 Å². The smallest absolute Gasteiger partial charge is 0.147 e. The number of nitrogens with two attached hydrogens (primary N) is 1. The Morgan fingerprint density at radius 2 is 1.81 bits per heavy atom. The van der Waals surface area contributed by atoms with Gasteiger partial charge in [0.05, 0.1) is 12.5 Å². The van der Waals surface area contributed by atoms with Crippen LogP contribution in [0.1, 0.15) is 24.0 Å². The summed E-state index contributed by atoms with van der Waals surface area (Å²) in [6.45, 7) is 0. The van der Waals surface area contributed by atoms with E-state index in [0.717, 1.165) is 35.4 Å². The summed E-state index contributed by atoms with van der Waals surface area (Å²) in [6, 6.07) is 15.4. The number of carbonyl (C=O) groups is 1. The highest BCUT2D eigenvalue weighted by Gasteiger charge is 2.50. The number of methoxy groups -OCH3 is 1. The van der Waals surface area contributed by atoms with Gasteiger partial charge in [0.1, 0.15) is 11.5 Å². The van der Waals surface area contributed by atoms with Gasteiger partial charge < -0.3 is 10.5 Å². The molecule has 3 nitrogen and oxygen atoms in total. The molecule has 0 atom stereocenters. The monoisotopic (exact) mass is 281 g/mol. The van der Waals surface area contributed by atoms with E-state index in [9.17, 15) is 4.79 Å². The lowest BCUT2D eigenvalue weighted by Gasteiger charge is -2.16. The second-order valence-corrected chi connectivity index (χ2v) is 5.62. The summed E-state index contributed by atoms with van der Waals surface area (Å²) in [5.41, 5.74) is 8.17. The minimum absolute atomic E-state index is 0.261. The van der Waals surface area contributed by atoms with Crippen molar-refractivity contribution in [1.29, 1.82) is 0 Å². The Labute approximate surface area is 124 Å². The summed E-state index contributed by atoms with van der Waals surface area (Å²) < 4.78 is 5.33. The Hall–Kier alpha value is -2.29. The van der Waals surface area contributed by atoms with Gasteiger partial charge in [0, 0.05) is 17.7 Å². The molecule has 108 valence electrons. The van der Waals surface area contributed by atoms with Crippen molar-refractivity contribution in [3.05, 3.63) is 59.7 Å². The maximum absolute atomic E-state index is 12.8. The van der Waals surface area contributed by atoms with Crippen molar-refractivity contribution < 1.29 is 9.53 Å². The normalized spacial score (nSPS) is 15.5. The molecule has 0 radical (unpaired) electrons. The topological polar surface area (TPSA) is 52.3 Å². The van der Waals surface area contributed by atoms with Gasteiger partial charge in [0.15, 0.2) is 0 Å². The van der Waals surface area contributed by atoms with Crippen LogP contribution in [-0.4, -0.2) is 12.9 Å². The average Bonchev–Trinajstić information content (AvgIpc) is 3.30. The predicted molar refractivity (Wildman–Crippen MR) is 83.5 cm³/mol. The molecule has 0 amide bonds. The quantitative estimate of drug-likeness (QED) is 0.857. The third kappa shape index (κ3) is 2.51. The number of ketones is 1. The largest absolute Gasteiger partial charge is 0.496 e. The number of rotatable bonds is 5. The van der Waals surface area contributed by atoms with Gasteiger partial charge in [-0.3, -0.25) is 4.79 Å². The predicted octanol–water partition coefficient (Wildman–Crippen LogP) is 3.12. The van der Waals surface area contributed by atoms with Crippen LogP contribution < -0.4 is 10.5 Å². The van der Waals surface area contributed by atoms with Crippen LogP contribution in [0, 0.1) is 0 Å². The highest BCUT2D eigenvalue weighted by molar-refractivity contribution is 5.95. The average molecular weight is 281 g/mol. The second-order valence-electron chi connectivity index (χ2n) is 5.62. The van der Waals surface area contributed by atoms with E-state index in [1.54, 1.807) is 7.11 Å². The molecular formula is C18H19NO2. The molecule has 1 aliphatic carbocycles. The van der Waals surface area contributed by atoms with Gasteiger partial charge in [-0.1, -0.05) is 30.3 Å². The summed E-state index contributed by atoms with van der Waals surface area (Å²) in [5.74, 6) is 1.04. The van der Waals surface area contributed by atoms with Crippen molar-refractivity contribution in [2.24, 2.45) is 0 Å². The number of hydrogen-bond donors (Lipinski definition) is 1. The van der Waals surface area contributed by atoms with E-state index in [0.29, 0.717) is 6.42 Å². The Kier molecular flexibility index (Phi) is 3.42. The molecule has 0 saturated heterocycles. The molecule has 0 aromatic heterocycles. The van der Waals surface area contributed by atoms with Crippen molar-refractivity contribution in [3.8, 4) is 5.75 Å². The molecule has 0 aliphatic heterocycles. The Balaban J connectivity index is 1.83. The molecule has 0 bridgehead atoms. The molecule has 1 fully saturated rings. The summed E-state index contributed by atoms with van der Waals surface area (Å²) in [5, 5.41) is 0. The number of Topliss-reactive ketones (excluding diaryl/α,β-unsaturated/α-hetero) is 1. The third-order valence-electron chi connectivity index (χ3n) is 4.29.